The number of anilines is 3. The molecule has 0 heterocycles. The molecule has 140 valence electrons. The Morgan fingerprint density at radius 2 is 1.37 bits per heavy atom. The normalized spacial score (nSPS) is 11.1. The molecular formula is C19H16F2N2O3S. The number of halogens is 2. The standard InChI is InChI=1S/C19H16F2N2O3S/c1-26-15-9-11-16(12-10-15)27(24,25)23-14-7-5-13(6-8-14)22-19-17(20)3-2-4-18(19)21/h2-12,22-23H,1H3. The highest BCUT2D eigenvalue weighted by atomic mass is 32.2. The average Bonchev–Trinajstić information content (AvgIpc) is 2.66. The van der Waals surface area contributed by atoms with Crippen molar-refractivity contribution < 1.29 is 21.9 Å². The van der Waals surface area contributed by atoms with Gasteiger partial charge in [-0.3, -0.25) is 4.72 Å². The second kappa shape index (κ2) is 7.63. The zero-order valence-electron chi connectivity index (χ0n) is 14.2. The Balaban J connectivity index is 1.75. The first-order valence-electron chi connectivity index (χ1n) is 7.87. The van der Waals surface area contributed by atoms with Crippen LogP contribution in [-0.4, -0.2) is 15.5 Å². The van der Waals surface area contributed by atoms with Crippen LogP contribution in [0.4, 0.5) is 25.8 Å². The second-order valence-electron chi connectivity index (χ2n) is 5.58. The fourth-order valence-electron chi connectivity index (χ4n) is 2.35. The lowest BCUT2D eigenvalue weighted by Crippen LogP contribution is -2.12. The van der Waals surface area contributed by atoms with Gasteiger partial charge in [0, 0.05) is 11.4 Å². The summed E-state index contributed by atoms with van der Waals surface area (Å²) in [5, 5.41) is 2.63. The third-order valence-corrected chi connectivity index (χ3v) is 5.14. The molecule has 2 N–H and O–H groups in total. The van der Waals surface area contributed by atoms with E-state index in [4.69, 9.17) is 4.74 Å². The number of benzene rings is 3. The van der Waals surface area contributed by atoms with Crippen molar-refractivity contribution >= 4 is 27.1 Å². The number of rotatable bonds is 6. The number of ether oxygens (including phenoxy) is 1. The minimum atomic E-state index is -3.77. The van der Waals surface area contributed by atoms with Crippen molar-refractivity contribution in [3.05, 3.63) is 78.4 Å². The Bertz CT molecular complexity index is 1020. The van der Waals surface area contributed by atoms with Crippen LogP contribution in [0.5, 0.6) is 5.75 Å². The van der Waals surface area contributed by atoms with Gasteiger partial charge in [-0.15, -0.1) is 0 Å². The first kappa shape index (κ1) is 18.7. The highest BCUT2D eigenvalue weighted by Gasteiger charge is 2.14. The van der Waals surface area contributed by atoms with Gasteiger partial charge in [-0.05, 0) is 60.7 Å². The first-order chi connectivity index (χ1) is 12.9. The third kappa shape index (κ3) is 4.35. The fraction of sp³-hybridized carbons (Fsp3) is 0.0526. The van der Waals surface area contributed by atoms with Gasteiger partial charge in [0.05, 0.1) is 12.0 Å². The molecule has 0 aliphatic carbocycles. The number of nitrogens with one attached hydrogen (secondary N) is 2. The van der Waals surface area contributed by atoms with E-state index < -0.39 is 21.7 Å². The quantitative estimate of drug-likeness (QED) is 0.650. The number of hydrogen-bond acceptors (Lipinski definition) is 4. The molecular weight excluding hydrogens is 374 g/mol. The molecule has 0 radical (unpaired) electrons. The zero-order chi connectivity index (χ0) is 19.4. The summed E-state index contributed by atoms with van der Waals surface area (Å²) >= 11 is 0. The molecule has 3 rings (SSSR count). The minimum absolute atomic E-state index is 0.0823. The van der Waals surface area contributed by atoms with Crippen molar-refractivity contribution in [1.29, 1.82) is 0 Å². The smallest absolute Gasteiger partial charge is 0.261 e. The molecule has 0 aliphatic heterocycles. The zero-order valence-corrected chi connectivity index (χ0v) is 15.1. The maximum absolute atomic E-state index is 13.7. The summed E-state index contributed by atoms with van der Waals surface area (Å²) in [6.45, 7) is 0. The topological polar surface area (TPSA) is 67.4 Å². The summed E-state index contributed by atoms with van der Waals surface area (Å²) < 4.78 is 59.6. The Morgan fingerprint density at radius 3 is 1.93 bits per heavy atom. The lowest BCUT2D eigenvalue weighted by atomic mass is 10.2. The van der Waals surface area contributed by atoms with Crippen LogP contribution in [0, 0.1) is 11.6 Å². The van der Waals surface area contributed by atoms with Gasteiger partial charge in [0.15, 0.2) is 0 Å². The molecule has 3 aromatic rings. The Labute approximate surface area is 155 Å². The van der Waals surface area contributed by atoms with Crippen molar-refractivity contribution in [2.75, 3.05) is 17.1 Å². The van der Waals surface area contributed by atoms with E-state index in [1.807, 2.05) is 0 Å². The predicted molar refractivity (Wildman–Crippen MR) is 99.9 cm³/mol. The molecule has 27 heavy (non-hydrogen) atoms. The number of para-hydroxylation sites is 1. The summed E-state index contributed by atoms with van der Waals surface area (Å²) in [6, 6.07) is 15.5. The molecule has 0 unspecified atom stereocenters. The molecule has 0 saturated heterocycles. The number of methoxy groups -OCH3 is 1. The van der Waals surface area contributed by atoms with Crippen molar-refractivity contribution in [2.45, 2.75) is 4.90 Å². The maximum Gasteiger partial charge on any atom is 0.261 e. The molecule has 0 bridgehead atoms. The Kier molecular flexibility index (Phi) is 5.27. The summed E-state index contributed by atoms with van der Waals surface area (Å²) in [6.07, 6.45) is 0. The van der Waals surface area contributed by atoms with Crippen LogP contribution in [-0.2, 0) is 10.0 Å². The monoisotopic (exact) mass is 390 g/mol. The average molecular weight is 390 g/mol. The van der Waals surface area contributed by atoms with Crippen molar-refractivity contribution in [3.8, 4) is 5.75 Å². The SMILES string of the molecule is COc1ccc(S(=O)(=O)Nc2ccc(Nc3c(F)cccc3F)cc2)cc1. The Hall–Kier alpha value is -3.13. The van der Waals surface area contributed by atoms with Crippen LogP contribution >= 0.6 is 0 Å². The van der Waals surface area contributed by atoms with E-state index in [2.05, 4.69) is 10.0 Å². The molecule has 0 aromatic heterocycles. The summed E-state index contributed by atoms with van der Waals surface area (Å²) in [5.41, 5.74) is 0.445. The molecule has 0 atom stereocenters. The van der Waals surface area contributed by atoms with Crippen molar-refractivity contribution in [3.63, 3.8) is 0 Å². The highest BCUT2D eigenvalue weighted by molar-refractivity contribution is 7.92. The fourth-order valence-corrected chi connectivity index (χ4v) is 3.41. The summed E-state index contributed by atoms with van der Waals surface area (Å²) in [5.74, 6) is -0.900. The van der Waals surface area contributed by atoms with Gasteiger partial charge < -0.3 is 10.1 Å². The van der Waals surface area contributed by atoms with Gasteiger partial charge >= 0.3 is 0 Å². The maximum atomic E-state index is 13.7. The Morgan fingerprint density at radius 1 is 0.815 bits per heavy atom. The molecule has 0 saturated carbocycles. The predicted octanol–water partition coefficient (Wildman–Crippen LogP) is 4.52. The minimum Gasteiger partial charge on any atom is -0.497 e. The largest absolute Gasteiger partial charge is 0.497 e. The lowest BCUT2D eigenvalue weighted by Gasteiger charge is -2.11. The molecule has 3 aromatic carbocycles. The molecule has 0 aliphatic rings. The summed E-state index contributed by atoms with van der Waals surface area (Å²) in [7, 11) is -2.28. The molecule has 5 nitrogen and oxygen atoms in total. The second-order valence-corrected chi connectivity index (χ2v) is 7.26. The molecule has 0 amide bonds. The number of hydrogen-bond donors (Lipinski definition) is 2. The molecule has 0 spiro atoms. The van der Waals surface area contributed by atoms with E-state index in [0.29, 0.717) is 17.1 Å². The van der Waals surface area contributed by atoms with Crippen LogP contribution in [0.1, 0.15) is 0 Å². The van der Waals surface area contributed by atoms with E-state index in [1.165, 1.54) is 49.6 Å². The van der Waals surface area contributed by atoms with Gasteiger partial charge in [-0.2, -0.15) is 0 Å². The third-order valence-electron chi connectivity index (χ3n) is 3.74. The molecule has 0 fully saturated rings. The van der Waals surface area contributed by atoms with E-state index >= 15 is 0 Å². The van der Waals surface area contributed by atoms with Crippen molar-refractivity contribution in [2.24, 2.45) is 0 Å². The van der Waals surface area contributed by atoms with Gasteiger partial charge in [-0.25, -0.2) is 17.2 Å². The van der Waals surface area contributed by atoms with Gasteiger partial charge in [0.1, 0.15) is 23.1 Å². The highest BCUT2D eigenvalue weighted by Crippen LogP contribution is 2.25. The van der Waals surface area contributed by atoms with E-state index in [-0.39, 0.29) is 10.6 Å². The van der Waals surface area contributed by atoms with E-state index in [0.717, 1.165) is 12.1 Å². The van der Waals surface area contributed by atoms with Crippen LogP contribution in [0.15, 0.2) is 71.6 Å². The van der Waals surface area contributed by atoms with E-state index in [1.54, 1.807) is 12.1 Å². The lowest BCUT2D eigenvalue weighted by molar-refractivity contribution is 0.414. The number of sulfonamides is 1. The van der Waals surface area contributed by atoms with Crippen LogP contribution in [0.25, 0.3) is 0 Å². The van der Waals surface area contributed by atoms with Crippen LogP contribution < -0.4 is 14.8 Å². The molecule has 8 heteroatoms. The summed E-state index contributed by atoms with van der Waals surface area (Å²) in [4.78, 5) is 0.0823. The van der Waals surface area contributed by atoms with Gasteiger partial charge in [-0.1, -0.05) is 6.07 Å². The van der Waals surface area contributed by atoms with Crippen LogP contribution in [0.2, 0.25) is 0 Å². The van der Waals surface area contributed by atoms with Crippen LogP contribution in [0.3, 0.4) is 0 Å². The van der Waals surface area contributed by atoms with Crippen molar-refractivity contribution in [1.82, 2.24) is 0 Å². The van der Waals surface area contributed by atoms with E-state index in [9.17, 15) is 17.2 Å². The van der Waals surface area contributed by atoms with Gasteiger partial charge in [0.25, 0.3) is 10.0 Å². The van der Waals surface area contributed by atoms with Gasteiger partial charge in [0.2, 0.25) is 0 Å². The first-order valence-corrected chi connectivity index (χ1v) is 9.35.